The van der Waals surface area contributed by atoms with Crippen molar-refractivity contribution in [2.45, 2.75) is 19.3 Å². The summed E-state index contributed by atoms with van der Waals surface area (Å²) in [5.41, 5.74) is -0.0319. The van der Waals surface area contributed by atoms with Crippen LogP contribution in [0, 0.1) is 0 Å². The van der Waals surface area contributed by atoms with Crippen molar-refractivity contribution in [2.24, 2.45) is 0 Å². The predicted molar refractivity (Wildman–Crippen MR) is 69.7 cm³/mol. The van der Waals surface area contributed by atoms with Crippen molar-refractivity contribution in [3.8, 4) is 0 Å². The summed E-state index contributed by atoms with van der Waals surface area (Å²) in [5.74, 6) is 0.772. The lowest BCUT2D eigenvalue weighted by Crippen LogP contribution is -2.07. The molecule has 1 aromatic heterocycles. The number of hydrogen-bond donors (Lipinski definition) is 2. The van der Waals surface area contributed by atoms with Gasteiger partial charge in [-0.1, -0.05) is 6.42 Å². The number of carbonyl (C=O) groups is 1. The van der Waals surface area contributed by atoms with Crippen LogP contribution >= 0.6 is 11.8 Å². The number of anilines is 1. The Hall–Kier alpha value is -1.30. The van der Waals surface area contributed by atoms with E-state index in [0.717, 1.165) is 13.0 Å². The molecule has 0 amide bonds. The number of hydrogen-bond acceptors (Lipinski definition) is 5. The summed E-state index contributed by atoms with van der Waals surface area (Å²) in [6.07, 6.45) is 5.61. The highest BCUT2D eigenvalue weighted by molar-refractivity contribution is 7.98. The van der Waals surface area contributed by atoms with E-state index in [-0.39, 0.29) is 5.69 Å². The van der Waals surface area contributed by atoms with Gasteiger partial charge >= 0.3 is 5.97 Å². The fourth-order valence-corrected chi connectivity index (χ4v) is 1.80. The Bertz CT molecular complexity index is 343. The summed E-state index contributed by atoms with van der Waals surface area (Å²) in [6, 6.07) is 3.09. The summed E-state index contributed by atoms with van der Waals surface area (Å²) in [7, 11) is 0. The highest BCUT2D eigenvalue weighted by Crippen LogP contribution is 2.05. The van der Waals surface area contributed by atoms with Crippen LogP contribution in [0.5, 0.6) is 0 Å². The summed E-state index contributed by atoms with van der Waals surface area (Å²) >= 11 is 1.86. The van der Waals surface area contributed by atoms with Crippen LogP contribution in [-0.4, -0.2) is 39.8 Å². The Morgan fingerprint density at radius 2 is 2.18 bits per heavy atom. The number of nitrogens with one attached hydrogen (secondary N) is 1. The highest BCUT2D eigenvalue weighted by Gasteiger charge is 2.04. The normalized spacial score (nSPS) is 10.2. The van der Waals surface area contributed by atoms with Crippen LogP contribution in [0.2, 0.25) is 0 Å². The third kappa shape index (κ3) is 5.53. The van der Waals surface area contributed by atoms with Crippen molar-refractivity contribution in [1.29, 1.82) is 0 Å². The quantitative estimate of drug-likeness (QED) is 0.693. The first-order chi connectivity index (χ1) is 8.24. The van der Waals surface area contributed by atoms with E-state index < -0.39 is 5.97 Å². The monoisotopic (exact) mass is 255 g/mol. The second-order valence-corrected chi connectivity index (χ2v) is 4.57. The Labute approximate surface area is 105 Å². The number of rotatable bonds is 8. The van der Waals surface area contributed by atoms with Gasteiger partial charge in [0, 0.05) is 6.54 Å². The van der Waals surface area contributed by atoms with Crippen LogP contribution in [0.25, 0.3) is 0 Å². The van der Waals surface area contributed by atoms with Gasteiger partial charge in [0.05, 0.1) is 0 Å². The van der Waals surface area contributed by atoms with Crippen molar-refractivity contribution in [3.63, 3.8) is 0 Å². The van der Waals surface area contributed by atoms with Gasteiger partial charge in [0.2, 0.25) is 0 Å². The van der Waals surface area contributed by atoms with Gasteiger partial charge in [-0.15, -0.1) is 10.2 Å². The van der Waals surface area contributed by atoms with Crippen LogP contribution < -0.4 is 5.32 Å². The maximum atomic E-state index is 10.5. The van der Waals surface area contributed by atoms with E-state index in [1.54, 1.807) is 6.07 Å². The average Bonchev–Trinajstić information content (AvgIpc) is 2.34. The molecule has 17 heavy (non-hydrogen) atoms. The van der Waals surface area contributed by atoms with Crippen molar-refractivity contribution in [3.05, 3.63) is 17.8 Å². The molecule has 1 aromatic rings. The van der Waals surface area contributed by atoms with E-state index in [2.05, 4.69) is 21.8 Å². The van der Waals surface area contributed by atoms with E-state index in [1.807, 2.05) is 11.8 Å². The van der Waals surface area contributed by atoms with Crippen LogP contribution in [0.1, 0.15) is 29.8 Å². The molecule has 0 aliphatic carbocycles. The highest BCUT2D eigenvalue weighted by atomic mass is 32.2. The molecule has 0 atom stereocenters. The molecule has 0 saturated carbocycles. The first-order valence-electron chi connectivity index (χ1n) is 5.54. The first kappa shape index (κ1) is 13.8. The molecular weight excluding hydrogens is 238 g/mol. The molecule has 1 rings (SSSR count). The predicted octanol–water partition coefficient (Wildman–Crippen LogP) is 2.12. The van der Waals surface area contributed by atoms with E-state index >= 15 is 0 Å². The van der Waals surface area contributed by atoms with E-state index in [1.165, 1.54) is 24.7 Å². The molecule has 1 heterocycles. The Morgan fingerprint density at radius 1 is 1.35 bits per heavy atom. The zero-order chi connectivity index (χ0) is 12.5. The standard InChI is InChI=1S/C11H17N3O2S/c1-17-8-4-2-3-7-12-10-6-5-9(11(15)16)13-14-10/h5-6H,2-4,7-8H2,1H3,(H,12,14)(H,15,16). The van der Waals surface area contributed by atoms with Crippen LogP contribution in [0.15, 0.2) is 12.1 Å². The van der Waals surface area contributed by atoms with Crippen LogP contribution in [0.3, 0.4) is 0 Å². The molecular formula is C11H17N3O2S. The van der Waals surface area contributed by atoms with Gasteiger partial charge in [-0.05, 0) is 37.0 Å². The fourth-order valence-electron chi connectivity index (χ4n) is 1.31. The number of carboxylic acids is 1. The maximum absolute atomic E-state index is 10.5. The van der Waals surface area contributed by atoms with E-state index in [0.29, 0.717) is 5.82 Å². The molecule has 0 radical (unpaired) electrons. The molecule has 6 heteroatoms. The number of unbranched alkanes of at least 4 members (excludes halogenated alkanes) is 2. The molecule has 0 aliphatic heterocycles. The van der Waals surface area contributed by atoms with Crippen LogP contribution in [-0.2, 0) is 0 Å². The third-order valence-corrected chi connectivity index (χ3v) is 2.91. The minimum atomic E-state index is -1.05. The second kappa shape index (κ2) is 7.89. The van der Waals surface area contributed by atoms with Crippen LogP contribution in [0.4, 0.5) is 5.82 Å². The Balaban J connectivity index is 2.21. The van der Waals surface area contributed by atoms with E-state index in [9.17, 15) is 4.79 Å². The number of carboxylic acid groups (broad SMARTS) is 1. The second-order valence-electron chi connectivity index (χ2n) is 3.59. The summed E-state index contributed by atoms with van der Waals surface area (Å²) in [4.78, 5) is 10.5. The van der Waals surface area contributed by atoms with Crippen molar-refractivity contribution in [2.75, 3.05) is 23.9 Å². The molecule has 0 unspecified atom stereocenters. The first-order valence-corrected chi connectivity index (χ1v) is 6.93. The zero-order valence-electron chi connectivity index (χ0n) is 9.85. The van der Waals surface area contributed by atoms with Gasteiger partial charge in [-0.2, -0.15) is 11.8 Å². The third-order valence-electron chi connectivity index (χ3n) is 2.22. The maximum Gasteiger partial charge on any atom is 0.356 e. The number of thioether (sulfide) groups is 1. The molecule has 0 spiro atoms. The number of nitrogens with zero attached hydrogens (tertiary/aromatic N) is 2. The Kier molecular flexibility index (Phi) is 6.39. The number of aromatic nitrogens is 2. The summed E-state index contributed by atoms with van der Waals surface area (Å²) in [5, 5.41) is 19.1. The Morgan fingerprint density at radius 3 is 2.76 bits per heavy atom. The topological polar surface area (TPSA) is 75.1 Å². The minimum absolute atomic E-state index is 0.0319. The molecule has 2 N–H and O–H groups in total. The molecule has 5 nitrogen and oxygen atoms in total. The average molecular weight is 255 g/mol. The van der Waals surface area contributed by atoms with Gasteiger partial charge < -0.3 is 10.4 Å². The summed E-state index contributed by atoms with van der Waals surface area (Å²) < 4.78 is 0. The zero-order valence-corrected chi connectivity index (χ0v) is 10.7. The minimum Gasteiger partial charge on any atom is -0.476 e. The van der Waals surface area contributed by atoms with Gasteiger partial charge in [-0.25, -0.2) is 4.79 Å². The lowest BCUT2D eigenvalue weighted by atomic mass is 10.2. The fraction of sp³-hybridized carbons (Fsp3) is 0.545. The summed E-state index contributed by atoms with van der Waals surface area (Å²) in [6.45, 7) is 0.843. The molecule has 0 aromatic carbocycles. The van der Waals surface area contributed by atoms with Gasteiger partial charge in [0.1, 0.15) is 5.82 Å². The van der Waals surface area contributed by atoms with Gasteiger partial charge in [-0.3, -0.25) is 0 Å². The molecule has 0 aliphatic rings. The lowest BCUT2D eigenvalue weighted by molar-refractivity contribution is 0.0689. The van der Waals surface area contributed by atoms with E-state index in [4.69, 9.17) is 5.11 Å². The van der Waals surface area contributed by atoms with Crippen molar-refractivity contribution < 1.29 is 9.90 Å². The molecule has 0 bridgehead atoms. The van der Waals surface area contributed by atoms with Gasteiger partial charge in [0.15, 0.2) is 5.69 Å². The number of aromatic carboxylic acids is 1. The SMILES string of the molecule is CSCCCCCNc1ccc(C(=O)O)nn1. The largest absolute Gasteiger partial charge is 0.476 e. The molecule has 0 saturated heterocycles. The van der Waals surface area contributed by atoms with Gasteiger partial charge in [0.25, 0.3) is 0 Å². The lowest BCUT2D eigenvalue weighted by Gasteiger charge is -2.04. The van der Waals surface area contributed by atoms with Crippen molar-refractivity contribution in [1.82, 2.24) is 10.2 Å². The smallest absolute Gasteiger partial charge is 0.356 e. The molecule has 0 fully saturated rings. The molecule has 94 valence electrons. The van der Waals surface area contributed by atoms with Crippen molar-refractivity contribution >= 4 is 23.5 Å².